The second kappa shape index (κ2) is 8.89. The fourth-order valence-corrected chi connectivity index (χ4v) is 2.43. The van der Waals surface area contributed by atoms with Crippen molar-refractivity contribution in [2.45, 2.75) is 26.7 Å². The third-order valence-electron chi connectivity index (χ3n) is 3.32. The van der Waals surface area contributed by atoms with Gasteiger partial charge < -0.3 is 10.6 Å². The van der Waals surface area contributed by atoms with Gasteiger partial charge in [0.25, 0.3) is 0 Å². The predicted octanol–water partition coefficient (Wildman–Crippen LogP) is 0.584. The summed E-state index contributed by atoms with van der Waals surface area (Å²) >= 11 is 0. The summed E-state index contributed by atoms with van der Waals surface area (Å²) in [7, 11) is 0. The molecule has 0 saturated carbocycles. The van der Waals surface area contributed by atoms with Gasteiger partial charge in [-0.15, -0.1) is 0 Å². The lowest BCUT2D eigenvalue weighted by Crippen LogP contribution is -2.44. The quantitative estimate of drug-likeness (QED) is 0.662. The zero-order chi connectivity index (χ0) is 14.1. The third kappa shape index (κ3) is 7.14. The first-order valence-electron chi connectivity index (χ1n) is 7.18. The molecule has 108 valence electrons. The van der Waals surface area contributed by atoms with E-state index in [1.165, 1.54) is 6.42 Å². The molecule has 0 aromatic heterocycles. The van der Waals surface area contributed by atoms with Crippen LogP contribution in [0.4, 0.5) is 0 Å². The molecule has 1 fully saturated rings. The summed E-state index contributed by atoms with van der Waals surface area (Å²) in [4.78, 5) is 13.8. The van der Waals surface area contributed by atoms with Crippen molar-refractivity contribution in [3.63, 3.8) is 0 Å². The van der Waals surface area contributed by atoms with Gasteiger partial charge in [0.15, 0.2) is 0 Å². The minimum Gasteiger partial charge on any atom is -0.342 e. The van der Waals surface area contributed by atoms with E-state index in [-0.39, 0.29) is 12.5 Å². The molecule has 1 aliphatic rings. The van der Waals surface area contributed by atoms with Crippen molar-refractivity contribution < 1.29 is 4.79 Å². The Morgan fingerprint density at radius 3 is 3.00 bits per heavy atom. The summed E-state index contributed by atoms with van der Waals surface area (Å²) in [6.07, 6.45) is 2.39. The van der Waals surface area contributed by atoms with E-state index in [1.54, 1.807) is 0 Å². The number of amides is 1. The zero-order valence-corrected chi connectivity index (χ0v) is 12.1. The highest BCUT2D eigenvalue weighted by Crippen LogP contribution is 2.15. The van der Waals surface area contributed by atoms with E-state index in [0.717, 1.165) is 32.6 Å². The second-order valence-corrected chi connectivity index (χ2v) is 5.73. The molecule has 1 saturated heterocycles. The average Bonchev–Trinajstić information content (AvgIpc) is 2.36. The fraction of sp³-hybridized carbons (Fsp3) is 0.857. The smallest absolute Gasteiger partial charge is 0.235 e. The normalized spacial score (nSPS) is 20.2. The second-order valence-electron chi connectivity index (χ2n) is 5.73. The lowest BCUT2D eigenvalue weighted by molar-refractivity contribution is -0.122. The minimum absolute atomic E-state index is 0.0441. The lowest BCUT2D eigenvalue weighted by Gasteiger charge is -2.32. The molecule has 5 nitrogen and oxygen atoms in total. The highest BCUT2D eigenvalue weighted by molar-refractivity contribution is 5.78. The van der Waals surface area contributed by atoms with E-state index in [4.69, 9.17) is 5.26 Å². The van der Waals surface area contributed by atoms with Crippen LogP contribution in [0.5, 0.6) is 0 Å². The number of rotatable bonds is 7. The fourth-order valence-electron chi connectivity index (χ4n) is 2.43. The number of carbonyl (C=O) groups is 1. The first-order valence-corrected chi connectivity index (χ1v) is 7.18. The molecule has 0 radical (unpaired) electrons. The average molecular weight is 266 g/mol. The largest absolute Gasteiger partial charge is 0.342 e. The number of nitrogens with zero attached hydrogens (tertiary/aromatic N) is 2. The number of nitrogens with one attached hydrogen (secondary N) is 2. The molecule has 1 aliphatic heterocycles. The Balaban J connectivity index is 2.22. The predicted molar refractivity (Wildman–Crippen MR) is 75.5 cm³/mol. The van der Waals surface area contributed by atoms with E-state index in [1.807, 2.05) is 6.07 Å². The van der Waals surface area contributed by atoms with Crippen molar-refractivity contribution in [3.8, 4) is 6.07 Å². The van der Waals surface area contributed by atoms with Crippen LogP contribution in [0, 0.1) is 23.2 Å². The van der Waals surface area contributed by atoms with Crippen molar-refractivity contribution in [1.82, 2.24) is 15.5 Å². The Hall–Kier alpha value is -1.12. The zero-order valence-electron chi connectivity index (χ0n) is 12.1. The van der Waals surface area contributed by atoms with Crippen LogP contribution in [-0.4, -0.2) is 50.1 Å². The molecule has 0 aromatic rings. The number of nitriles is 1. The SMILES string of the molecule is CC(C)CNCC1CCCN(CC(=O)NCC#N)C1. The number of likely N-dealkylation sites (tertiary alicyclic amines) is 1. The van der Waals surface area contributed by atoms with E-state index < -0.39 is 0 Å². The molecule has 0 aromatic carbocycles. The summed E-state index contributed by atoms with van der Waals surface area (Å²) in [5.74, 6) is 1.27. The minimum atomic E-state index is -0.0441. The maximum atomic E-state index is 11.6. The summed E-state index contributed by atoms with van der Waals surface area (Å²) in [6, 6.07) is 1.92. The number of hydrogen-bond donors (Lipinski definition) is 2. The van der Waals surface area contributed by atoms with Gasteiger partial charge in [0.2, 0.25) is 5.91 Å². The molecule has 0 bridgehead atoms. The monoisotopic (exact) mass is 266 g/mol. The van der Waals surface area contributed by atoms with Crippen molar-refractivity contribution in [3.05, 3.63) is 0 Å². The molecular formula is C14H26N4O. The Kier molecular flexibility index (Phi) is 7.46. The van der Waals surface area contributed by atoms with Gasteiger partial charge in [-0.25, -0.2) is 0 Å². The van der Waals surface area contributed by atoms with E-state index in [9.17, 15) is 4.79 Å². The van der Waals surface area contributed by atoms with Crippen molar-refractivity contribution in [2.24, 2.45) is 11.8 Å². The summed E-state index contributed by atoms with van der Waals surface area (Å²) in [5.41, 5.74) is 0. The number of piperidine rings is 1. The summed E-state index contributed by atoms with van der Waals surface area (Å²) < 4.78 is 0. The molecule has 0 aliphatic carbocycles. The van der Waals surface area contributed by atoms with Crippen LogP contribution >= 0.6 is 0 Å². The third-order valence-corrected chi connectivity index (χ3v) is 3.32. The Morgan fingerprint density at radius 2 is 2.32 bits per heavy atom. The Labute approximate surface area is 116 Å². The highest BCUT2D eigenvalue weighted by Gasteiger charge is 2.21. The van der Waals surface area contributed by atoms with Crippen LogP contribution in [0.3, 0.4) is 0 Å². The maximum Gasteiger partial charge on any atom is 0.235 e. The van der Waals surface area contributed by atoms with E-state index in [2.05, 4.69) is 29.4 Å². The van der Waals surface area contributed by atoms with Crippen molar-refractivity contribution >= 4 is 5.91 Å². The van der Waals surface area contributed by atoms with Gasteiger partial charge in [-0.3, -0.25) is 9.69 Å². The maximum absolute atomic E-state index is 11.6. The molecule has 1 heterocycles. The van der Waals surface area contributed by atoms with Crippen LogP contribution < -0.4 is 10.6 Å². The van der Waals surface area contributed by atoms with E-state index in [0.29, 0.717) is 18.4 Å². The standard InChI is InChI=1S/C14H26N4O/c1-12(2)8-16-9-13-4-3-7-18(10-13)11-14(19)17-6-5-15/h12-13,16H,3-4,6-11H2,1-2H3,(H,17,19). The highest BCUT2D eigenvalue weighted by atomic mass is 16.2. The van der Waals surface area contributed by atoms with Gasteiger partial charge in [-0.2, -0.15) is 5.26 Å². The van der Waals surface area contributed by atoms with Gasteiger partial charge in [-0.1, -0.05) is 13.8 Å². The van der Waals surface area contributed by atoms with Crippen LogP contribution in [0.15, 0.2) is 0 Å². The van der Waals surface area contributed by atoms with Crippen LogP contribution in [0.2, 0.25) is 0 Å². The van der Waals surface area contributed by atoms with E-state index >= 15 is 0 Å². The molecule has 1 unspecified atom stereocenters. The molecule has 2 N–H and O–H groups in total. The van der Waals surface area contributed by atoms with Gasteiger partial charge in [-0.05, 0) is 44.3 Å². The van der Waals surface area contributed by atoms with Gasteiger partial charge in [0, 0.05) is 6.54 Å². The first kappa shape index (κ1) is 15.9. The molecule has 1 amide bonds. The Bertz CT molecular complexity index is 311. The topological polar surface area (TPSA) is 68.2 Å². The molecule has 19 heavy (non-hydrogen) atoms. The molecule has 1 rings (SSSR count). The van der Waals surface area contributed by atoms with Crippen LogP contribution in [0.1, 0.15) is 26.7 Å². The number of carbonyl (C=O) groups excluding carboxylic acids is 1. The molecule has 5 heteroatoms. The molecule has 1 atom stereocenters. The Morgan fingerprint density at radius 1 is 1.53 bits per heavy atom. The molecular weight excluding hydrogens is 240 g/mol. The van der Waals surface area contributed by atoms with Crippen molar-refractivity contribution in [1.29, 1.82) is 5.26 Å². The van der Waals surface area contributed by atoms with Crippen LogP contribution in [-0.2, 0) is 4.79 Å². The first-order chi connectivity index (χ1) is 9.11. The summed E-state index contributed by atoms with van der Waals surface area (Å²) in [6.45, 7) is 8.99. The number of hydrogen-bond acceptors (Lipinski definition) is 4. The van der Waals surface area contributed by atoms with Gasteiger partial charge in [0.1, 0.15) is 6.54 Å². The van der Waals surface area contributed by atoms with Gasteiger partial charge in [0.05, 0.1) is 12.6 Å². The summed E-state index contributed by atoms with van der Waals surface area (Å²) in [5, 5.41) is 14.5. The van der Waals surface area contributed by atoms with Gasteiger partial charge >= 0.3 is 0 Å². The van der Waals surface area contributed by atoms with Crippen LogP contribution in [0.25, 0.3) is 0 Å². The molecule has 0 spiro atoms. The van der Waals surface area contributed by atoms with Crippen molar-refractivity contribution in [2.75, 3.05) is 39.3 Å². The lowest BCUT2D eigenvalue weighted by atomic mass is 9.98.